The van der Waals surface area contributed by atoms with E-state index in [0.29, 0.717) is 30.5 Å². The number of carbonyl (C=O) groups is 1. The third-order valence-electron chi connectivity index (χ3n) is 4.53. The van der Waals surface area contributed by atoms with Crippen molar-refractivity contribution < 1.29 is 9.53 Å². The zero-order chi connectivity index (χ0) is 21.2. The molecule has 0 unspecified atom stereocenters. The summed E-state index contributed by atoms with van der Waals surface area (Å²) < 4.78 is 5.03. The van der Waals surface area contributed by atoms with Crippen LogP contribution < -0.4 is 21.9 Å². The number of amides is 1. The standard InChI is InChI=1S/C22H26N6O2/c1-30-14-8-13-24-20-19(23)21(26-15-25-20)27-28-22(29)18(16-9-4-2-5-10-16)17-11-6-3-7-12-17/h2-7,9-12,15,18H,8,13-14,23H2,1H3,(H,28,29)(H2,24,25,26,27). The smallest absolute Gasteiger partial charge is 0.250 e. The first-order valence-corrected chi connectivity index (χ1v) is 9.69. The predicted molar refractivity (Wildman–Crippen MR) is 118 cm³/mol. The fourth-order valence-electron chi connectivity index (χ4n) is 3.04. The minimum absolute atomic E-state index is 0.222. The van der Waals surface area contributed by atoms with Crippen LogP contribution in [0.4, 0.5) is 17.3 Å². The molecule has 8 nitrogen and oxygen atoms in total. The summed E-state index contributed by atoms with van der Waals surface area (Å²) in [6.07, 6.45) is 2.20. The fourth-order valence-corrected chi connectivity index (χ4v) is 3.04. The summed E-state index contributed by atoms with van der Waals surface area (Å²) in [6, 6.07) is 19.2. The van der Waals surface area contributed by atoms with Crippen LogP contribution in [0.15, 0.2) is 67.0 Å². The van der Waals surface area contributed by atoms with Gasteiger partial charge >= 0.3 is 0 Å². The van der Waals surface area contributed by atoms with Crippen molar-refractivity contribution in [2.45, 2.75) is 12.3 Å². The van der Waals surface area contributed by atoms with E-state index in [2.05, 4.69) is 26.1 Å². The topological polar surface area (TPSA) is 114 Å². The molecule has 5 N–H and O–H groups in total. The maximum atomic E-state index is 13.1. The maximum Gasteiger partial charge on any atom is 0.250 e. The van der Waals surface area contributed by atoms with Gasteiger partial charge in [-0.3, -0.25) is 15.6 Å². The summed E-state index contributed by atoms with van der Waals surface area (Å²) >= 11 is 0. The molecular weight excluding hydrogens is 380 g/mol. The van der Waals surface area contributed by atoms with Crippen molar-refractivity contribution in [1.82, 2.24) is 15.4 Å². The van der Waals surface area contributed by atoms with Crippen LogP contribution in [-0.4, -0.2) is 36.1 Å². The lowest BCUT2D eigenvalue weighted by atomic mass is 9.91. The average molecular weight is 406 g/mol. The molecule has 30 heavy (non-hydrogen) atoms. The lowest BCUT2D eigenvalue weighted by Gasteiger charge is -2.19. The molecule has 3 rings (SSSR count). The molecule has 0 spiro atoms. The molecule has 2 aromatic carbocycles. The van der Waals surface area contributed by atoms with Gasteiger partial charge in [0.05, 0.1) is 5.92 Å². The summed E-state index contributed by atoms with van der Waals surface area (Å²) in [4.78, 5) is 21.4. The molecule has 0 saturated carbocycles. The maximum absolute atomic E-state index is 13.1. The number of rotatable bonds is 10. The van der Waals surface area contributed by atoms with Crippen molar-refractivity contribution in [3.63, 3.8) is 0 Å². The largest absolute Gasteiger partial charge is 0.393 e. The second-order valence-electron chi connectivity index (χ2n) is 6.63. The SMILES string of the molecule is COCCCNc1ncnc(NNC(=O)C(c2ccccc2)c2ccccc2)c1N. The molecule has 0 fully saturated rings. The van der Waals surface area contributed by atoms with E-state index < -0.39 is 5.92 Å². The Balaban J connectivity index is 1.71. The Morgan fingerprint density at radius 1 is 1.00 bits per heavy atom. The van der Waals surface area contributed by atoms with Gasteiger partial charge in [0.2, 0.25) is 5.91 Å². The molecular formula is C22H26N6O2. The number of hydrogen-bond acceptors (Lipinski definition) is 7. The van der Waals surface area contributed by atoms with Crippen LogP contribution in [0.1, 0.15) is 23.5 Å². The molecule has 1 heterocycles. The molecule has 0 radical (unpaired) electrons. The van der Waals surface area contributed by atoms with Crippen molar-refractivity contribution in [2.24, 2.45) is 0 Å². The first-order chi connectivity index (χ1) is 14.7. The number of benzene rings is 2. The molecule has 0 atom stereocenters. The summed E-state index contributed by atoms with van der Waals surface area (Å²) in [5.41, 5.74) is 13.8. The number of carbonyl (C=O) groups excluding carboxylic acids is 1. The number of methoxy groups -OCH3 is 1. The lowest BCUT2D eigenvalue weighted by molar-refractivity contribution is -0.121. The quantitative estimate of drug-likeness (QED) is 0.302. The van der Waals surface area contributed by atoms with E-state index in [0.717, 1.165) is 17.5 Å². The van der Waals surface area contributed by atoms with Crippen molar-refractivity contribution in [3.05, 3.63) is 78.1 Å². The van der Waals surface area contributed by atoms with Crippen molar-refractivity contribution >= 4 is 23.2 Å². The Kier molecular flexibility index (Phi) is 7.57. The zero-order valence-electron chi connectivity index (χ0n) is 16.8. The van der Waals surface area contributed by atoms with Crippen LogP contribution in [0.2, 0.25) is 0 Å². The van der Waals surface area contributed by atoms with Gasteiger partial charge in [-0.2, -0.15) is 0 Å². The average Bonchev–Trinajstić information content (AvgIpc) is 2.78. The van der Waals surface area contributed by atoms with E-state index in [1.54, 1.807) is 7.11 Å². The molecule has 3 aromatic rings. The highest BCUT2D eigenvalue weighted by Gasteiger charge is 2.22. The summed E-state index contributed by atoms with van der Waals surface area (Å²) in [7, 11) is 1.65. The van der Waals surface area contributed by atoms with Gasteiger partial charge in [0.1, 0.15) is 12.0 Å². The highest BCUT2D eigenvalue weighted by Crippen LogP contribution is 2.25. The number of nitrogens with two attached hydrogens (primary N) is 1. The number of anilines is 3. The Morgan fingerprint density at radius 2 is 1.60 bits per heavy atom. The molecule has 0 aliphatic rings. The van der Waals surface area contributed by atoms with Gasteiger partial charge in [-0.25, -0.2) is 9.97 Å². The van der Waals surface area contributed by atoms with Gasteiger partial charge in [-0.15, -0.1) is 0 Å². The second-order valence-corrected chi connectivity index (χ2v) is 6.63. The monoisotopic (exact) mass is 406 g/mol. The second kappa shape index (κ2) is 10.8. The summed E-state index contributed by atoms with van der Waals surface area (Å²) in [5, 5.41) is 3.14. The number of nitrogens with zero attached hydrogens (tertiary/aromatic N) is 2. The predicted octanol–water partition coefficient (Wildman–Crippen LogP) is 2.78. The van der Waals surface area contributed by atoms with E-state index in [4.69, 9.17) is 10.5 Å². The molecule has 8 heteroatoms. The first-order valence-electron chi connectivity index (χ1n) is 9.69. The molecule has 156 valence electrons. The molecule has 1 aromatic heterocycles. The minimum Gasteiger partial charge on any atom is -0.393 e. The molecule has 0 saturated heterocycles. The van der Waals surface area contributed by atoms with E-state index in [-0.39, 0.29) is 5.91 Å². The Labute approximate surface area is 175 Å². The van der Waals surface area contributed by atoms with Gasteiger partial charge in [0, 0.05) is 20.3 Å². The number of hydrogen-bond donors (Lipinski definition) is 4. The zero-order valence-corrected chi connectivity index (χ0v) is 16.8. The Morgan fingerprint density at radius 3 is 2.20 bits per heavy atom. The van der Waals surface area contributed by atoms with Crippen LogP contribution in [0.3, 0.4) is 0 Å². The highest BCUT2D eigenvalue weighted by molar-refractivity contribution is 5.88. The number of hydrazine groups is 1. The van der Waals surface area contributed by atoms with Gasteiger partial charge in [-0.05, 0) is 17.5 Å². The third kappa shape index (κ3) is 5.45. The van der Waals surface area contributed by atoms with E-state index in [1.807, 2.05) is 60.7 Å². The van der Waals surface area contributed by atoms with Gasteiger partial charge in [-0.1, -0.05) is 60.7 Å². The molecule has 0 aliphatic heterocycles. The van der Waals surface area contributed by atoms with Crippen LogP contribution in [0, 0.1) is 0 Å². The van der Waals surface area contributed by atoms with Gasteiger partial charge in [0.25, 0.3) is 0 Å². The summed E-state index contributed by atoms with van der Waals surface area (Å²) in [6.45, 7) is 1.30. The lowest BCUT2D eigenvalue weighted by Crippen LogP contribution is -2.35. The number of nitrogens with one attached hydrogen (secondary N) is 3. The van der Waals surface area contributed by atoms with Crippen LogP contribution >= 0.6 is 0 Å². The Bertz CT molecular complexity index is 897. The molecule has 0 aliphatic carbocycles. The first kappa shape index (κ1) is 21.1. The van der Waals surface area contributed by atoms with Crippen molar-refractivity contribution in [3.8, 4) is 0 Å². The van der Waals surface area contributed by atoms with Crippen molar-refractivity contribution in [2.75, 3.05) is 36.7 Å². The number of nitrogen functional groups attached to an aromatic ring is 1. The van der Waals surface area contributed by atoms with Crippen LogP contribution in [-0.2, 0) is 9.53 Å². The molecule has 1 amide bonds. The van der Waals surface area contributed by atoms with Crippen molar-refractivity contribution in [1.29, 1.82) is 0 Å². The van der Waals surface area contributed by atoms with Gasteiger partial charge < -0.3 is 15.8 Å². The third-order valence-corrected chi connectivity index (χ3v) is 4.53. The van der Waals surface area contributed by atoms with E-state index in [9.17, 15) is 4.79 Å². The highest BCUT2D eigenvalue weighted by atomic mass is 16.5. The van der Waals surface area contributed by atoms with E-state index >= 15 is 0 Å². The number of aromatic nitrogens is 2. The van der Waals surface area contributed by atoms with Crippen LogP contribution in [0.25, 0.3) is 0 Å². The van der Waals surface area contributed by atoms with E-state index in [1.165, 1.54) is 6.33 Å². The fraction of sp³-hybridized carbons (Fsp3) is 0.227. The Hall–Kier alpha value is -3.65. The normalized spacial score (nSPS) is 10.6. The number of ether oxygens (including phenoxy) is 1. The van der Waals surface area contributed by atoms with Gasteiger partial charge in [0.15, 0.2) is 11.6 Å². The minimum atomic E-state index is -0.477. The molecule has 0 bridgehead atoms. The summed E-state index contributed by atoms with van der Waals surface area (Å²) in [5.74, 6) is 0.127. The van der Waals surface area contributed by atoms with Crippen LogP contribution in [0.5, 0.6) is 0 Å².